The molecule has 3 rings (SSSR count). The summed E-state index contributed by atoms with van der Waals surface area (Å²) in [6.45, 7) is 2.36. The number of esters is 1. The maximum Gasteiger partial charge on any atom is 0.352 e. The van der Waals surface area contributed by atoms with Crippen molar-refractivity contribution in [1.82, 2.24) is 15.2 Å². The Hall–Kier alpha value is -3.08. The van der Waals surface area contributed by atoms with Crippen LogP contribution in [0.15, 0.2) is 21.8 Å². The highest BCUT2D eigenvalue weighted by Gasteiger charge is 2.54. The van der Waals surface area contributed by atoms with Crippen LogP contribution in [0.2, 0.25) is 0 Å². The Kier molecular flexibility index (Phi) is 11.6. The van der Waals surface area contributed by atoms with E-state index >= 15 is 0 Å². The zero-order valence-electron chi connectivity index (χ0n) is 19.2. The number of hydrogen-bond donors (Lipinski definition) is 4. The van der Waals surface area contributed by atoms with Gasteiger partial charge in [-0.15, -0.1) is 47.9 Å². The van der Waals surface area contributed by atoms with Crippen LogP contribution in [0.5, 0.6) is 0 Å². The summed E-state index contributed by atoms with van der Waals surface area (Å²) >= 11 is 2.22. The van der Waals surface area contributed by atoms with Crippen molar-refractivity contribution in [3.8, 4) is 0 Å². The van der Waals surface area contributed by atoms with Crippen LogP contribution in [0.3, 0.4) is 0 Å². The molecule has 1 aromatic rings. The first-order valence-electron chi connectivity index (χ1n) is 10.0. The minimum Gasteiger partial charge on any atom is -0.481 e. The number of aliphatic carboxylic acids is 2. The molecule has 2 aliphatic heterocycles. The number of hydrogen-bond acceptors (Lipinski definition) is 12. The maximum absolute atomic E-state index is 13.0. The predicted molar refractivity (Wildman–Crippen MR) is 137 cm³/mol. The van der Waals surface area contributed by atoms with E-state index < -0.39 is 47.2 Å². The molecule has 2 unspecified atom stereocenters. The number of nitrogens with two attached hydrogens (primary N) is 1. The van der Waals surface area contributed by atoms with Gasteiger partial charge in [0.05, 0.1) is 6.42 Å². The summed E-state index contributed by atoms with van der Waals surface area (Å²) in [6.07, 6.45) is -1.23. The van der Waals surface area contributed by atoms with Crippen molar-refractivity contribution in [2.75, 3.05) is 18.1 Å². The molecule has 1 saturated heterocycles. The molecule has 5 N–H and O–H groups in total. The van der Waals surface area contributed by atoms with E-state index in [1.807, 2.05) is 0 Å². The summed E-state index contributed by atoms with van der Waals surface area (Å²) in [7, 11) is 0. The van der Waals surface area contributed by atoms with Crippen molar-refractivity contribution in [3.63, 3.8) is 0 Å². The number of nitrogens with zero attached hydrogens (tertiary/aromatic N) is 3. The number of carbonyl (C=O) groups is 5. The van der Waals surface area contributed by atoms with Gasteiger partial charge in [-0.25, -0.2) is 9.78 Å². The number of nitrogens with one attached hydrogen (secondary N) is 1. The number of oxime groups is 1. The lowest BCUT2D eigenvalue weighted by atomic mass is 10.0. The van der Waals surface area contributed by atoms with Crippen LogP contribution in [0.1, 0.15) is 26.0 Å². The fourth-order valence-corrected chi connectivity index (χ4v) is 5.09. The molecule has 0 aromatic carbocycles. The number of fused-ring (bicyclic) bond motifs is 1. The normalized spacial score (nSPS) is 19.4. The van der Waals surface area contributed by atoms with Crippen LogP contribution in [0.25, 0.3) is 0 Å². The molecule has 0 aliphatic carbocycles. The second-order valence-corrected chi connectivity index (χ2v) is 9.42. The van der Waals surface area contributed by atoms with Crippen LogP contribution < -0.4 is 11.1 Å². The average Bonchev–Trinajstić information content (AvgIpc) is 3.20. The second kappa shape index (κ2) is 13.5. The number of ether oxygens (including phenoxy) is 1. The van der Waals surface area contributed by atoms with E-state index in [9.17, 15) is 29.1 Å². The molecule has 3 atom stereocenters. The zero-order valence-corrected chi connectivity index (χ0v) is 22.5. The lowest BCUT2D eigenvalue weighted by molar-refractivity contribution is -0.150. The summed E-state index contributed by atoms with van der Waals surface area (Å²) in [4.78, 5) is 69.7. The smallest absolute Gasteiger partial charge is 0.352 e. The Balaban J connectivity index is 0.00000342. The minimum absolute atomic E-state index is 0. The number of β-lactam (4-membered cyclic amide) rings is 1. The Bertz CT molecular complexity index is 1140. The monoisotopic (exact) mass is 599 g/mol. The first kappa shape index (κ1) is 31.9. The molecule has 2 aliphatic rings. The van der Waals surface area contributed by atoms with Crippen LogP contribution in [0, 0.1) is 0 Å². The molecule has 1 fully saturated rings. The number of amides is 2. The summed E-state index contributed by atoms with van der Waals surface area (Å²) in [5.74, 6) is -4.44. The molecular formula is C19H23Cl2N5O9S2. The molecule has 0 bridgehead atoms. The highest BCUT2D eigenvalue weighted by Crippen LogP contribution is 2.40. The van der Waals surface area contributed by atoms with Gasteiger partial charge in [-0.2, -0.15) is 0 Å². The van der Waals surface area contributed by atoms with E-state index in [0.717, 1.165) is 16.2 Å². The molecule has 14 nitrogen and oxygen atoms in total. The first-order valence-corrected chi connectivity index (χ1v) is 11.9. The molecule has 0 saturated carbocycles. The van der Waals surface area contributed by atoms with Crippen molar-refractivity contribution >= 4 is 88.5 Å². The highest BCUT2D eigenvalue weighted by atomic mass is 35.5. The van der Waals surface area contributed by atoms with Gasteiger partial charge in [-0.3, -0.25) is 24.1 Å². The fourth-order valence-electron chi connectivity index (χ4n) is 3.22. The predicted octanol–water partition coefficient (Wildman–Crippen LogP) is 0.454. The number of carboxylic acid groups (broad SMARTS) is 2. The Morgan fingerprint density at radius 3 is 2.54 bits per heavy atom. The maximum atomic E-state index is 13.0. The largest absolute Gasteiger partial charge is 0.481 e. The number of nitrogen functional groups attached to an aromatic ring is 1. The Morgan fingerprint density at radius 2 is 2.00 bits per heavy atom. The SMILES string of the molecule is CC(=O)OCC1=C(C(=O)O)N2C(=O)C(NC(=O)/C(=N\OC(C)CC(=O)O)c3csc(N)n3)[C@@H]2SC1.Cl.Cl. The number of carboxylic acids is 2. The summed E-state index contributed by atoms with van der Waals surface area (Å²) in [6, 6.07) is -1.07. The highest BCUT2D eigenvalue weighted by molar-refractivity contribution is 8.00. The molecular weight excluding hydrogens is 577 g/mol. The number of anilines is 1. The Labute approximate surface area is 230 Å². The quantitative estimate of drug-likeness (QED) is 0.125. The molecule has 204 valence electrons. The van der Waals surface area contributed by atoms with Gasteiger partial charge in [-0.05, 0) is 6.92 Å². The second-order valence-electron chi connectivity index (χ2n) is 7.42. The number of rotatable bonds is 10. The molecule has 37 heavy (non-hydrogen) atoms. The van der Waals surface area contributed by atoms with Crippen molar-refractivity contribution in [2.45, 2.75) is 37.8 Å². The van der Waals surface area contributed by atoms with Crippen molar-refractivity contribution in [3.05, 3.63) is 22.3 Å². The number of thioether (sulfide) groups is 1. The van der Waals surface area contributed by atoms with E-state index in [-0.39, 0.29) is 71.4 Å². The molecule has 1 aromatic heterocycles. The number of aromatic nitrogens is 1. The van der Waals surface area contributed by atoms with Crippen molar-refractivity contribution in [1.29, 1.82) is 0 Å². The molecule has 0 spiro atoms. The summed E-state index contributed by atoms with van der Waals surface area (Å²) in [5.41, 5.74) is 5.33. The minimum atomic E-state index is -1.36. The van der Waals surface area contributed by atoms with Crippen LogP contribution >= 0.6 is 47.9 Å². The van der Waals surface area contributed by atoms with Crippen LogP contribution in [0.4, 0.5) is 5.13 Å². The summed E-state index contributed by atoms with van der Waals surface area (Å²) < 4.78 is 4.88. The van der Waals surface area contributed by atoms with E-state index in [1.165, 1.54) is 31.0 Å². The van der Waals surface area contributed by atoms with E-state index in [1.54, 1.807) is 0 Å². The molecule has 3 heterocycles. The third-order valence-electron chi connectivity index (χ3n) is 4.75. The third kappa shape index (κ3) is 7.47. The molecule has 18 heteroatoms. The van der Waals surface area contributed by atoms with Gasteiger partial charge >= 0.3 is 17.9 Å². The van der Waals surface area contributed by atoms with E-state index in [2.05, 4.69) is 15.5 Å². The van der Waals surface area contributed by atoms with Gasteiger partial charge in [0, 0.05) is 23.6 Å². The van der Waals surface area contributed by atoms with E-state index in [4.69, 9.17) is 20.4 Å². The molecule has 0 radical (unpaired) electrons. The van der Waals surface area contributed by atoms with Gasteiger partial charge in [0.25, 0.3) is 11.8 Å². The topological polar surface area (TPSA) is 211 Å². The lowest BCUT2D eigenvalue weighted by Gasteiger charge is -2.49. The average molecular weight is 600 g/mol. The van der Waals surface area contributed by atoms with Crippen molar-refractivity contribution in [2.24, 2.45) is 5.16 Å². The number of carbonyl (C=O) groups excluding carboxylic acids is 3. The number of halogens is 2. The van der Waals surface area contributed by atoms with Gasteiger partial charge in [0.1, 0.15) is 35.5 Å². The zero-order chi connectivity index (χ0) is 25.9. The van der Waals surface area contributed by atoms with Gasteiger partial charge in [-0.1, -0.05) is 5.16 Å². The third-order valence-corrected chi connectivity index (χ3v) is 6.77. The lowest BCUT2D eigenvalue weighted by Crippen LogP contribution is -2.71. The van der Waals surface area contributed by atoms with Gasteiger partial charge < -0.3 is 30.8 Å². The summed E-state index contributed by atoms with van der Waals surface area (Å²) in [5, 5.41) is 25.6. The fraction of sp³-hybridized carbons (Fsp3) is 0.421. The van der Waals surface area contributed by atoms with Gasteiger partial charge in [0.2, 0.25) is 0 Å². The van der Waals surface area contributed by atoms with E-state index in [0.29, 0.717) is 0 Å². The van der Waals surface area contributed by atoms with Crippen LogP contribution in [-0.4, -0.2) is 85.4 Å². The number of thiazole rings is 1. The molecule has 2 amide bonds. The van der Waals surface area contributed by atoms with Crippen LogP contribution in [-0.2, 0) is 33.5 Å². The van der Waals surface area contributed by atoms with Crippen molar-refractivity contribution < 1.29 is 43.8 Å². The first-order chi connectivity index (χ1) is 16.5. The van der Waals surface area contributed by atoms with Gasteiger partial charge in [0.15, 0.2) is 10.8 Å². The standard InChI is InChI=1S/C19H21N5O9S2.2ClH/c1-7(3-11(26)27)33-23-12(10-6-35-19(20)21-10)15(28)22-13-16(29)24-14(18(30)31)9(4-32-8(2)25)5-34-17(13)24;;/h6-7,13,17H,3-5H2,1-2H3,(H2,20,21)(H,22,28)(H,26,27)(H,30,31);2*1H/b23-12-;;/t7?,13?,17-;;/m0../s1. The Morgan fingerprint density at radius 1 is 1.32 bits per heavy atom.